The Hall–Kier alpha value is -3.94. The Bertz CT molecular complexity index is 1850. The van der Waals surface area contributed by atoms with Crippen LogP contribution in [0.5, 0.6) is 0 Å². The Morgan fingerprint density at radius 2 is 1.73 bits per heavy atom. The quantitative estimate of drug-likeness (QED) is 0.242. The van der Waals surface area contributed by atoms with Crippen molar-refractivity contribution in [2.45, 2.75) is 101 Å². The molecule has 3 aromatic rings. The van der Waals surface area contributed by atoms with Crippen LogP contribution < -0.4 is 16.0 Å². The van der Waals surface area contributed by atoms with E-state index in [0.717, 1.165) is 93.9 Å². The van der Waals surface area contributed by atoms with Crippen LogP contribution in [0.3, 0.4) is 0 Å². The molecule has 3 amide bonds. The van der Waals surface area contributed by atoms with Gasteiger partial charge in [-0.25, -0.2) is 14.4 Å². The van der Waals surface area contributed by atoms with E-state index in [4.69, 9.17) is 16.6 Å². The second-order valence-electron chi connectivity index (χ2n) is 15.4. The van der Waals surface area contributed by atoms with Crippen molar-refractivity contribution in [3.8, 4) is 11.3 Å². The molecule has 1 aromatic carbocycles. The zero-order valence-electron chi connectivity index (χ0n) is 29.7. The van der Waals surface area contributed by atoms with E-state index in [0.29, 0.717) is 40.6 Å². The third-order valence-corrected chi connectivity index (χ3v) is 12.1. The lowest BCUT2D eigenvalue weighted by Gasteiger charge is -2.34. The summed E-state index contributed by atoms with van der Waals surface area (Å²) in [7, 11) is 1.98. The third-order valence-electron chi connectivity index (χ3n) is 11.8. The first-order valence-electron chi connectivity index (χ1n) is 18.9. The number of rotatable bonds is 11. The summed E-state index contributed by atoms with van der Waals surface area (Å²) in [6.07, 6.45) is 13.5. The molecule has 2 aromatic heterocycles. The van der Waals surface area contributed by atoms with Crippen LogP contribution in [-0.2, 0) is 29.6 Å². The van der Waals surface area contributed by atoms with E-state index in [1.807, 2.05) is 24.0 Å². The van der Waals surface area contributed by atoms with Gasteiger partial charge in [0, 0.05) is 62.0 Å². The zero-order valence-corrected chi connectivity index (χ0v) is 30.4. The van der Waals surface area contributed by atoms with Crippen LogP contribution in [0.1, 0.15) is 97.3 Å². The number of benzene rings is 1. The van der Waals surface area contributed by atoms with E-state index in [1.165, 1.54) is 29.5 Å². The highest BCUT2D eigenvalue weighted by atomic mass is 35.5. The molecule has 0 bridgehead atoms. The van der Waals surface area contributed by atoms with E-state index in [1.54, 1.807) is 6.20 Å². The Morgan fingerprint density at radius 3 is 2.48 bits per heavy atom. The largest absolute Gasteiger partial charge is 0.351 e. The van der Waals surface area contributed by atoms with Crippen molar-refractivity contribution in [3.63, 3.8) is 0 Å². The van der Waals surface area contributed by atoms with Gasteiger partial charge in [0.1, 0.15) is 11.9 Å². The molecular weight excluding hydrogens is 685 g/mol. The minimum absolute atomic E-state index is 0.0897. The van der Waals surface area contributed by atoms with Crippen LogP contribution in [0.4, 0.5) is 10.3 Å². The molecule has 1 atom stereocenters. The Balaban J connectivity index is 0.774. The maximum absolute atomic E-state index is 15.4. The lowest BCUT2D eigenvalue weighted by Crippen LogP contribution is -2.52. The fraction of sp³-hybridized carbons (Fsp3) is 0.579. The SMILES string of the molecule is Cn1ncc(-c2nc(N[C@H]3CC[C@H](NCCN4CCC(c5cc6c(cc5F)C(=O)N(C5CCC(=O)NC5=O)C6)CC4)CC3)ncc2Cl)c1CC1CC1. The molecule has 1 unspecified atom stereocenters. The minimum Gasteiger partial charge on any atom is -0.351 e. The highest BCUT2D eigenvalue weighted by Gasteiger charge is 2.40. The monoisotopic (exact) mass is 731 g/mol. The fourth-order valence-electron chi connectivity index (χ4n) is 8.56. The van der Waals surface area contributed by atoms with Crippen molar-refractivity contribution >= 4 is 35.3 Å². The second kappa shape index (κ2) is 14.8. The fourth-order valence-corrected chi connectivity index (χ4v) is 8.76. The third kappa shape index (κ3) is 7.45. The molecule has 0 spiro atoms. The van der Waals surface area contributed by atoms with Gasteiger partial charge in [-0.05, 0) is 106 Å². The maximum atomic E-state index is 15.4. The summed E-state index contributed by atoms with van der Waals surface area (Å²) in [6.45, 7) is 3.91. The normalized spacial score (nSPS) is 24.3. The van der Waals surface area contributed by atoms with Crippen LogP contribution in [0.25, 0.3) is 11.3 Å². The molecule has 3 aliphatic heterocycles. The van der Waals surface area contributed by atoms with Crippen molar-refractivity contribution in [1.82, 2.24) is 40.2 Å². The van der Waals surface area contributed by atoms with Crippen molar-refractivity contribution in [1.29, 1.82) is 0 Å². The Labute approximate surface area is 308 Å². The van der Waals surface area contributed by atoms with Crippen LogP contribution in [0.15, 0.2) is 24.5 Å². The molecule has 12 nitrogen and oxygen atoms in total. The summed E-state index contributed by atoms with van der Waals surface area (Å²) >= 11 is 6.58. The number of likely N-dealkylation sites (tertiary alicyclic amines) is 1. The number of fused-ring (bicyclic) bond motifs is 1. The van der Waals surface area contributed by atoms with Crippen molar-refractivity contribution in [3.05, 3.63) is 57.8 Å². The topological polar surface area (TPSA) is 137 Å². The molecule has 2 aliphatic carbocycles. The smallest absolute Gasteiger partial charge is 0.255 e. The summed E-state index contributed by atoms with van der Waals surface area (Å²) in [5.41, 5.74) is 4.67. The van der Waals surface area contributed by atoms with E-state index >= 15 is 4.39 Å². The van der Waals surface area contributed by atoms with E-state index in [2.05, 4.69) is 30.9 Å². The lowest BCUT2D eigenvalue weighted by atomic mass is 9.87. The first-order valence-corrected chi connectivity index (χ1v) is 19.3. The molecular formula is C38H47ClFN9O3. The number of carbonyl (C=O) groups excluding carboxylic acids is 3. The first kappa shape index (κ1) is 35.1. The molecule has 2 saturated carbocycles. The summed E-state index contributed by atoms with van der Waals surface area (Å²) < 4.78 is 17.3. The molecule has 276 valence electrons. The van der Waals surface area contributed by atoms with Gasteiger partial charge in [0.05, 0.1) is 23.1 Å². The van der Waals surface area contributed by atoms with E-state index in [9.17, 15) is 14.4 Å². The number of aromatic nitrogens is 4. The first-order chi connectivity index (χ1) is 25.2. The van der Waals surface area contributed by atoms with Crippen LogP contribution in [0.2, 0.25) is 5.02 Å². The van der Waals surface area contributed by atoms with Gasteiger partial charge < -0.3 is 20.4 Å². The van der Waals surface area contributed by atoms with Gasteiger partial charge in [-0.2, -0.15) is 5.10 Å². The van der Waals surface area contributed by atoms with Crippen LogP contribution >= 0.6 is 11.6 Å². The number of hydrogen-bond donors (Lipinski definition) is 3. The number of hydrogen-bond acceptors (Lipinski definition) is 9. The number of imide groups is 1. The standard InChI is InChI=1S/C38H47ClFN9O3/c1-47-33(16-22-2-3-22)29(19-43-47)35-30(39)20-42-38(46-35)44-26-6-4-25(5-7-26)41-12-15-48-13-10-23(11-14-48)27-17-24-21-49(37(52)28(24)18-31(27)40)32-8-9-34(50)45-36(32)51/h17-20,22-23,25-26,32,41H,2-16,21H2,1H3,(H,42,44,46)(H,45,50,51)/t25-,26-,32?. The summed E-state index contributed by atoms with van der Waals surface area (Å²) in [6, 6.07) is 3.27. The van der Waals surface area contributed by atoms with Gasteiger partial charge in [0.2, 0.25) is 17.8 Å². The Kier molecular flexibility index (Phi) is 10.0. The predicted molar refractivity (Wildman–Crippen MR) is 194 cm³/mol. The van der Waals surface area contributed by atoms with Crippen molar-refractivity contribution in [2.75, 3.05) is 31.5 Å². The van der Waals surface area contributed by atoms with Gasteiger partial charge in [0.15, 0.2) is 0 Å². The van der Waals surface area contributed by atoms with Gasteiger partial charge in [-0.3, -0.25) is 24.4 Å². The molecule has 5 aliphatic rings. The number of nitrogens with one attached hydrogen (secondary N) is 3. The molecule has 0 radical (unpaired) electrons. The van der Waals surface area contributed by atoms with Gasteiger partial charge in [-0.15, -0.1) is 0 Å². The van der Waals surface area contributed by atoms with Gasteiger partial charge in [0.25, 0.3) is 5.91 Å². The molecule has 3 N–H and O–H groups in total. The lowest BCUT2D eigenvalue weighted by molar-refractivity contribution is -0.136. The molecule has 4 fully saturated rings. The molecule has 8 rings (SSSR count). The van der Waals surface area contributed by atoms with Crippen LogP contribution in [0, 0.1) is 11.7 Å². The van der Waals surface area contributed by atoms with Crippen molar-refractivity contribution in [2.24, 2.45) is 13.0 Å². The molecule has 5 heterocycles. The van der Waals surface area contributed by atoms with E-state index in [-0.39, 0.29) is 36.5 Å². The van der Waals surface area contributed by atoms with Crippen molar-refractivity contribution < 1.29 is 18.8 Å². The zero-order chi connectivity index (χ0) is 35.9. The number of piperidine rings is 2. The second-order valence-corrected chi connectivity index (χ2v) is 15.8. The number of aryl methyl sites for hydroxylation is 1. The molecule has 52 heavy (non-hydrogen) atoms. The number of amides is 3. The average Bonchev–Trinajstić information content (AvgIpc) is 3.82. The highest BCUT2D eigenvalue weighted by molar-refractivity contribution is 6.33. The number of halogens is 2. The molecule has 14 heteroatoms. The summed E-state index contributed by atoms with van der Waals surface area (Å²) in [5.74, 6) is -0.0376. The minimum atomic E-state index is -0.701. The Morgan fingerprint density at radius 1 is 0.962 bits per heavy atom. The number of nitrogens with zero attached hydrogens (tertiary/aromatic N) is 6. The van der Waals surface area contributed by atoms with E-state index < -0.39 is 11.9 Å². The summed E-state index contributed by atoms with van der Waals surface area (Å²) in [4.78, 5) is 50.3. The number of carbonyl (C=O) groups is 3. The molecule has 2 saturated heterocycles. The summed E-state index contributed by atoms with van der Waals surface area (Å²) in [5, 5.41) is 14.7. The van der Waals surface area contributed by atoms with Gasteiger partial charge >= 0.3 is 0 Å². The van der Waals surface area contributed by atoms with Gasteiger partial charge in [-0.1, -0.05) is 17.7 Å². The average molecular weight is 732 g/mol. The maximum Gasteiger partial charge on any atom is 0.255 e. The predicted octanol–water partition coefficient (Wildman–Crippen LogP) is 4.58. The number of anilines is 1. The van der Waals surface area contributed by atoms with Crippen LogP contribution in [-0.4, -0.2) is 91.6 Å². The highest BCUT2D eigenvalue weighted by Crippen LogP contribution is 2.38.